The maximum absolute atomic E-state index is 5.54. The van der Waals surface area contributed by atoms with Crippen LogP contribution in [0.1, 0.15) is 4.88 Å². The second-order valence-electron chi connectivity index (χ2n) is 2.85. The fraction of sp³-hybridized carbons (Fsp3) is 0.111. The molecule has 78 valence electrons. The molecular formula is C9H9BrN4S. The minimum Gasteiger partial charge on any atom is -0.384 e. The molecule has 15 heavy (non-hydrogen) atoms. The Labute approximate surface area is 99.7 Å². The van der Waals surface area contributed by atoms with Crippen LogP contribution in [-0.2, 0) is 6.54 Å². The van der Waals surface area contributed by atoms with E-state index in [0.717, 1.165) is 4.47 Å². The van der Waals surface area contributed by atoms with Gasteiger partial charge in [0.1, 0.15) is 5.82 Å². The van der Waals surface area contributed by atoms with Gasteiger partial charge in [-0.25, -0.2) is 4.98 Å². The number of hydrogen-bond donors (Lipinski definition) is 2. The topological polar surface area (TPSA) is 63.8 Å². The zero-order valence-electron chi connectivity index (χ0n) is 7.77. The largest absolute Gasteiger partial charge is 0.384 e. The number of hydrogen-bond acceptors (Lipinski definition) is 5. The Morgan fingerprint density at radius 1 is 1.47 bits per heavy atom. The van der Waals surface area contributed by atoms with Crippen LogP contribution in [0.2, 0.25) is 0 Å². The first-order valence-electron chi connectivity index (χ1n) is 4.30. The molecular weight excluding hydrogens is 276 g/mol. The van der Waals surface area contributed by atoms with Crippen molar-refractivity contribution in [3.8, 4) is 0 Å². The van der Waals surface area contributed by atoms with Crippen LogP contribution in [0.4, 0.5) is 11.8 Å². The summed E-state index contributed by atoms with van der Waals surface area (Å²) >= 11 is 5.14. The number of halogens is 1. The summed E-state index contributed by atoms with van der Waals surface area (Å²) in [5.74, 6) is 1.02. The number of rotatable bonds is 3. The van der Waals surface area contributed by atoms with E-state index >= 15 is 0 Å². The van der Waals surface area contributed by atoms with Crippen molar-refractivity contribution in [1.82, 2.24) is 9.97 Å². The average Bonchev–Trinajstić information content (AvgIpc) is 2.61. The maximum Gasteiger partial charge on any atom is 0.224 e. The highest BCUT2D eigenvalue weighted by molar-refractivity contribution is 9.10. The molecule has 0 spiro atoms. The van der Waals surface area contributed by atoms with E-state index in [1.807, 2.05) is 11.4 Å². The molecule has 0 aliphatic carbocycles. The third-order valence-electron chi connectivity index (χ3n) is 1.78. The monoisotopic (exact) mass is 284 g/mol. The Kier molecular flexibility index (Phi) is 3.17. The normalized spacial score (nSPS) is 10.2. The van der Waals surface area contributed by atoms with E-state index < -0.39 is 0 Å². The third kappa shape index (κ3) is 2.66. The van der Waals surface area contributed by atoms with Crippen LogP contribution in [-0.4, -0.2) is 9.97 Å². The van der Waals surface area contributed by atoms with Gasteiger partial charge in [0, 0.05) is 15.5 Å². The highest BCUT2D eigenvalue weighted by Gasteiger charge is 2.02. The number of nitrogens with zero attached hydrogens (tertiary/aromatic N) is 2. The number of nitrogens with two attached hydrogens (primary N) is 1. The predicted molar refractivity (Wildman–Crippen MR) is 65.8 cm³/mol. The first-order valence-corrected chi connectivity index (χ1v) is 5.97. The van der Waals surface area contributed by atoms with E-state index in [0.29, 0.717) is 18.3 Å². The smallest absolute Gasteiger partial charge is 0.224 e. The van der Waals surface area contributed by atoms with Crippen LogP contribution >= 0.6 is 27.3 Å². The SMILES string of the molecule is Nc1ccnc(NCc2sccc2Br)n1. The molecule has 2 rings (SSSR count). The molecule has 0 bridgehead atoms. The molecule has 4 nitrogen and oxygen atoms in total. The van der Waals surface area contributed by atoms with E-state index in [9.17, 15) is 0 Å². The molecule has 0 aromatic carbocycles. The van der Waals surface area contributed by atoms with Gasteiger partial charge in [0.15, 0.2) is 0 Å². The molecule has 0 aliphatic heterocycles. The third-order valence-corrected chi connectivity index (χ3v) is 3.70. The summed E-state index contributed by atoms with van der Waals surface area (Å²) in [6.07, 6.45) is 1.63. The maximum atomic E-state index is 5.54. The molecule has 0 radical (unpaired) electrons. The molecule has 0 fully saturated rings. The highest BCUT2D eigenvalue weighted by Crippen LogP contribution is 2.23. The van der Waals surface area contributed by atoms with Crippen LogP contribution < -0.4 is 11.1 Å². The van der Waals surface area contributed by atoms with Gasteiger partial charge >= 0.3 is 0 Å². The summed E-state index contributed by atoms with van der Waals surface area (Å²) in [6.45, 7) is 0.696. The average molecular weight is 285 g/mol. The van der Waals surface area contributed by atoms with Crippen molar-refractivity contribution < 1.29 is 0 Å². The fourth-order valence-corrected chi connectivity index (χ4v) is 2.50. The van der Waals surface area contributed by atoms with E-state index in [2.05, 4.69) is 31.2 Å². The van der Waals surface area contributed by atoms with Gasteiger partial charge in [-0.15, -0.1) is 11.3 Å². The van der Waals surface area contributed by atoms with E-state index in [-0.39, 0.29) is 0 Å². The van der Waals surface area contributed by atoms with Gasteiger partial charge in [-0.2, -0.15) is 4.98 Å². The minimum atomic E-state index is 0.470. The molecule has 6 heteroatoms. The van der Waals surface area contributed by atoms with Gasteiger partial charge in [-0.1, -0.05) is 0 Å². The van der Waals surface area contributed by atoms with Crippen molar-refractivity contribution in [3.05, 3.63) is 33.1 Å². The molecule has 3 N–H and O–H groups in total. The lowest BCUT2D eigenvalue weighted by Gasteiger charge is -2.03. The molecule has 0 aliphatic rings. The van der Waals surface area contributed by atoms with Gasteiger partial charge in [0.2, 0.25) is 5.95 Å². The van der Waals surface area contributed by atoms with Gasteiger partial charge in [0.25, 0.3) is 0 Å². The Bertz CT molecular complexity index is 457. The Hall–Kier alpha value is -1.14. The number of nitrogens with one attached hydrogen (secondary N) is 1. The van der Waals surface area contributed by atoms with E-state index in [4.69, 9.17) is 5.73 Å². The van der Waals surface area contributed by atoms with Gasteiger partial charge in [-0.05, 0) is 33.4 Å². The van der Waals surface area contributed by atoms with Crippen LogP contribution in [0, 0.1) is 0 Å². The summed E-state index contributed by atoms with van der Waals surface area (Å²) in [5, 5.41) is 5.14. The summed E-state index contributed by atoms with van der Waals surface area (Å²) in [5.41, 5.74) is 5.54. The van der Waals surface area contributed by atoms with Crippen molar-refractivity contribution in [2.75, 3.05) is 11.1 Å². The van der Waals surface area contributed by atoms with Gasteiger partial charge in [-0.3, -0.25) is 0 Å². The summed E-state index contributed by atoms with van der Waals surface area (Å²) in [7, 11) is 0. The second kappa shape index (κ2) is 4.59. The molecule has 0 saturated heterocycles. The van der Waals surface area contributed by atoms with Gasteiger partial charge in [0.05, 0.1) is 6.54 Å². The quantitative estimate of drug-likeness (QED) is 0.909. The molecule has 2 heterocycles. The Morgan fingerprint density at radius 3 is 3.00 bits per heavy atom. The molecule has 0 saturated carbocycles. The van der Waals surface area contributed by atoms with Crippen LogP contribution in [0.25, 0.3) is 0 Å². The lowest BCUT2D eigenvalue weighted by molar-refractivity contribution is 1.07. The number of thiophene rings is 1. The van der Waals surface area contributed by atoms with Crippen LogP contribution in [0.3, 0.4) is 0 Å². The standard InChI is InChI=1S/C9H9BrN4S/c10-6-2-4-15-7(6)5-13-9-12-3-1-8(11)14-9/h1-4H,5H2,(H3,11,12,13,14). The second-order valence-corrected chi connectivity index (χ2v) is 4.71. The molecule has 2 aromatic rings. The van der Waals surface area contributed by atoms with Crippen molar-refractivity contribution in [3.63, 3.8) is 0 Å². The highest BCUT2D eigenvalue weighted by atomic mass is 79.9. The summed E-state index contributed by atoms with van der Waals surface area (Å²) in [6, 6.07) is 3.67. The molecule has 0 unspecified atom stereocenters. The van der Waals surface area contributed by atoms with Crippen molar-refractivity contribution in [2.45, 2.75) is 6.54 Å². The first kappa shape index (κ1) is 10.4. The van der Waals surface area contributed by atoms with Crippen LogP contribution in [0.5, 0.6) is 0 Å². The number of nitrogen functional groups attached to an aromatic ring is 1. The van der Waals surface area contributed by atoms with E-state index in [1.54, 1.807) is 23.6 Å². The van der Waals surface area contributed by atoms with Crippen molar-refractivity contribution >= 4 is 39.0 Å². The lowest BCUT2D eigenvalue weighted by atomic mass is 10.4. The zero-order chi connectivity index (χ0) is 10.7. The lowest BCUT2D eigenvalue weighted by Crippen LogP contribution is -2.03. The fourth-order valence-electron chi connectivity index (χ4n) is 1.07. The van der Waals surface area contributed by atoms with Crippen molar-refractivity contribution in [1.29, 1.82) is 0 Å². The molecule has 0 amide bonds. The summed E-state index contributed by atoms with van der Waals surface area (Å²) < 4.78 is 1.10. The molecule has 2 aromatic heterocycles. The zero-order valence-corrected chi connectivity index (χ0v) is 10.2. The van der Waals surface area contributed by atoms with E-state index in [1.165, 1.54) is 4.88 Å². The predicted octanol–water partition coefficient (Wildman–Crippen LogP) is 2.49. The number of aromatic nitrogens is 2. The Balaban J connectivity index is 2.02. The Morgan fingerprint density at radius 2 is 2.33 bits per heavy atom. The summed E-state index contributed by atoms with van der Waals surface area (Å²) in [4.78, 5) is 9.31. The van der Waals surface area contributed by atoms with Crippen molar-refractivity contribution in [2.24, 2.45) is 0 Å². The number of anilines is 2. The van der Waals surface area contributed by atoms with Crippen LogP contribution in [0.15, 0.2) is 28.2 Å². The van der Waals surface area contributed by atoms with Gasteiger partial charge < -0.3 is 11.1 Å². The minimum absolute atomic E-state index is 0.470. The first-order chi connectivity index (χ1) is 7.25. The molecule has 0 atom stereocenters.